The molecule has 35 heavy (non-hydrogen) atoms. The second-order valence-electron chi connectivity index (χ2n) is 8.30. The zero-order valence-electron chi connectivity index (χ0n) is 19.4. The summed E-state index contributed by atoms with van der Waals surface area (Å²) in [5.74, 6) is -0.317. The summed E-state index contributed by atoms with van der Waals surface area (Å²) in [5, 5.41) is 1.48. The monoisotopic (exact) mass is 510 g/mol. The summed E-state index contributed by atoms with van der Waals surface area (Å²) in [5.41, 5.74) is 6.86. The van der Waals surface area contributed by atoms with Crippen LogP contribution >= 0.6 is 11.9 Å². The van der Waals surface area contributed by atoms with Crippen molar-refractivity contribution in [1.29, 1.82) is 0 Å². The number of nitrogens with zero attached hydrogens (tertiary/aromatic N) is 2. The van der Waals surface area contributed by atoms with Crippen molar-refractivity contribution >= 4 is 28.8 Å². The molecule has 0 spiro atoms. The Morgan fingerprint density at radius 3 is 2.71 bits per heavy atom. The van der Waals surface area contributed by atoms with Crippen molar-refractivity contribution in [3.05, 3.63) is 95.3 Å². The number of pyridine rings is 1. The highest BCUT2D eigenvalue weighted by atomic mass is 32.2. The van der Waals surface area contributed by atoms with E-state index in [9.17, 15) is 13.4 Å². The molecule has 1 saturated heterocycles. The first kappa shape index (κ1) is 25.2. The average Bonchev–Trinajstić information content (AvgIpc) is 2.89. The standard InChI is InChI=1S/C26H27FN4O2S2/c1-3-35(33)31-12-9-19(10-13-31)20-8-11-28-24(17-20)21-14-18(2)15-22(16-21)26(32)29-30-34-25-7-5-4-6-23(25)27/h3-8,11,14-17,19,30H,1,9-10,12-13H2,2H3,(H,29,32). The van der Waals surface area contributed by atoms with Crippen LogP contribution < -0.4 is 10.3 Å². The first-order chi connectivity index (χ1) is 16.9. The molecule has 182 valence electrons. The van der Waals surface area contributed by atoms with Gasteiger partial charge >= 0.3 is 0 Å². The van der Waals surface area contributed by atoms with Crippen molar-refractivity contribution in [2.24, 2.45) is 0 Å². The van der Waals surface area contributed by atoms with Crippen molar-refractivity contribution in [1.82, 2.24) is 19.5 Å². The minimum atomic E-state index is -1.12. The fraction of sp³-hybridized carbons (Fsp3) is 0.231. The number of piperidine rings is 1. The molecule has 0 radical (unpaired) electrons. The third-order valence-corrected chi connectivity index (χ3v) is 7.82. The van der Waals surface area contributed by atoms with E-state index in [-0.39, 0.29) is 11.7 Å². The van der Waals surface area contributed by atoms with Crippen molar-refractivity contribution in [2.45, 2.75) is 30.6 Å². The molecule has 9 heteroatoms. The number of nitrogens with one attached hydrogen (secondary N) is 2. The summed E-state index contributed by atoms with van der Waals surface area (Å²) < 4.78 is 27.7. The van der Waals surface area contributed by atoms with Crippen LogP contribution in [0.3, 0.4) is 0 Å². The molecule has 2 N–H and O–H groups in total. The molecule has 1 aliphatic rings. The van der Waals surface area contributed by atoms with Crippen LogP contribution in [-0.2, 0) is 11.0 Å². The first-order valence-electron chi connectivity index (χ1n) is 11.3. The molecule has 0 aliphatic carbocycles. The number of amides is 1. The summed E-state index contributed by atoms with van der Waals surface area (Å²) >= 11 is 0.999. The highest BCUT2D eigenvalue weighted by molar-refractivity contribution is 7.97. The van der Waals surface area contributed by atoms with Gasteiger partial charge in [0.2, 0.25) is 0 Å². The molecular weight excluding hydrogens is 483 g/mol. The summed E-state index contributed by atoms with van der Waals surface area (Å²) in [6.07, 6.45) is 3.62. The largest absolute Gasteiger partial charge is 0.277 e. The maximum atomic E-state index is 13.8. The third-order valence-electron chi connectivity index (χ3n) is 5.90. The van der Waals surface area contributed by atoms with E-state index in [1.54, 1.807) is 36.5 Å². The van der Waals surface area contributed by atoms with Gasteiger partial charge in [-0.05, 0) is 91.2 Å². The summed E-state index contributed by atoms with van der Waals surface area (Å²) in [6.45, 7) is 7.07. The van der Waals surface area contributed by atoms with E-state index >= 15 is 0 Å². The molecule has 4 rings (SSSR count). The van der Waals surface area contributed by atoms with Crippen molar-refractivity contribution in [2.75, 3.05) is 13.1 Å². The number of aromatic nitrogens is 1. The lowest BCUT2D eigenvalue weighted by Gasteiger charge is -2.30. The Kier molecular flexibility index (Phi) is 8.46. The Hall–Kier alpha value is -2.85. The Morgan fingerprint density at radius 2 is 1.97 bits per heavy atom. The van der Waals surface area contributed by atoms with Gasteiger partial charge in [-0.15, -0.1) is 0 Å². The fourth-order valence-electron chi connectivity index (χ4n) is 4.12. The number of carbonyl (C=O) groups is 1. The molecular formula is C26H27FN4O2S2. The molecule has 1 amide bonds. The van der Waals surface area contributed by atoms with Gasteiger partial charge in [0, 0.05) is 35.8 Å². The van der Waals surface area contributed by atoms with E-state index in [0.717, 1.165) is 54.7 Å². The predicted octanol–water partition coefficient (Wildman–Crippen LogP) is 5.12. The maximum absolute atomic E-state index is 13.8. The second-order valence-corrected chi connectivity index (χ2v) is 10.5. The van der Waals surface area contributed by atoms with Crippen LogP contribution in [0.4, 0.5) is 4.39 Å². The summed E-state index contributed by atoms with van der Waals surface area (Å²) in [4.78, 5) is 20.4. The number of aryl methyl sites for hydroxylation is 1. The van der Waals surface area contributed by atoms with Gasteiger partial charge in [-0.3, -0.25) is 15.2 Å². The molecule has 3 aromatic rings. The van der Waals surface area contributed by atoms with Crippen LogP contribution in [0.25, 0.3) is 11.3 Å². The number of hydrazine groups is 1. The number of benzene rings is 2. The number of rotatable bonds is 8. The van der Waals surface area contributed by atoms with Crippen molar-refractivity contribution in [3.8, 4) is 11.3 Å². The van der Waals surface area contributed by atoms with Gasteiger partial charge in [0.15, 0.2) is 0 Å². The van der Waals surface area contributed by atoms with Gasteiger partial charge in [-0.2, -0.15) is 4.83 Å². The van der Waals surface area contributed by atoms with E-state index in [1.807, 2.05) is 23.4 Å². The Labute approximate surface area is 211 Å². The highest BCUT2D eigenvalue weighted by Crippen LogP contribution is 2.31. The molecule has 6 nitrogen and oxygen atoms in total. The predicted molar refractivity (Wildman–Crippen MR) is 139 cm³/mol. The quantitative estimate of drug-likeness (QED) is 0.325. The third kappa shape index (κ3) is 6.43. The normalized spacial score (nSPS) is 15.5. The van der Waals surface area contributed by atoms with Crippen molar-refractivity contribution in [3.63, 3.8) is 0 Å². The average molecular weight is 511 g/mol. The lowest BCUT2D eigenvalue weighted by atomic mass is 9.90. The Balaban J connectivity index is 1.45. The lowest BCUT2D eigenvalue weighted by molar-refractivity contribution is 0.0947. The van der Waals surface area contributed by atoms with Gasteiger partial charge in [-0.25, -0.2) is 12.9 Å². The molecule has 1 fully saturated rings. The smallest absolute Gasteiger partial charge is 0.266 e. The summed E-state index contributed by atoms with van der Waals surface area (Å²) in [7, 11) is -1.12. The van der Waals surface area contributed by atoms with Crippen molar-refractivity contribution < 1.29 is 13.4 Å². The van der Waals surface area contributed by atoms with Gasteiger partial charge in [-0.1, -0.05) is 18.7 Å². The van der Waals surface area contributed by atoms with E-state index in [2.05, 4.69) is 27.9 Å². The molecule has 2 aromatic carbocycles. The molecule has 1 unspecified atom stereocenters. The van der Waals surface area contributed by atoms with E-state index in [4.69, 9.17) is 0 Å². The fourth-order valence-corrected chi connectivity index (χ4v) is 5.47. The topological polar surface area (TPSA) is 74.3 Å². The van der Waals surface area contributed by atoms with E-state index in [0.29, 0.717) is 16.4 Å². The van der Waals surface area contributed by atoms with Gasteiger partial charge < -0.3 is 0 Å². The SMILES string of the molecule is C=CS(=O)N1CCC(c2ccnc(-c3cc(C)cc(C(=O)NNSc4ccccc4F)c3)c2)CC1. The van der Waals surface area contributed by atoms with Crippen LogP contribution in [0.2, 0.25) is 0 Å². The number of carbonyl (C=O) groups excluding carboxylic acids is 1. The number of hydrogen-bond acceptors (Lipinski definition) is 5. The number of hydrogen-bond donors (Lipinski definition) is 2. The molecule has 1 aromatic heterocycles. The minimum absolute atomic E-state index is 0.322. The second kappa shape index (κ2) is 11.7. The minimum Gasteiger partial charge on any atom is -0.277 e. The molecule has 0 saturated carbocycles. The molecule has 1 atom stereocenters. The van der Waals surface area contributed by atoms with Crippen LogP contribution in [0.1, 0.15) is 40.2 Å². The number of halogens is 1. The van der Waals surface area contributed by atoms with Gasteiger partial charge in [0.1, 0.15) is 16.8 Å². The van der Waals surface area contributed by atoms with Crippen LogP contribution in [-0.4, -0.2) is 32.5 Å². The van der Waals surface area contributed by atoms with Gasteiger partial charge in [0.05, 0.1) is 10.6 Å². The van der Waals surface area contributed by atoms with Crippen LogP contribution in [0, 0.1) is 12.7 Å². The first-order valence-corrected chi connectivity index (χ1v) is 13.3. The van der Waals surface area contributed by atoms with Crippen LogP contribution in [0.5, 0.6) is 0 Å². The van der Waals surface area contributed by atoms with Crippen LogP contribution in [0.15, 0.2) is 77.7 Å². The van der Waals surface area contributed by atoms with E-state index in [1.165, 1.54) is 17.0 Å². The molecule has 1 aliphatic heterocycles. The maximum Gasteiger partial charge on any atom is 0.266 e. The highest BCUT2D eigenvalue weighted by Gasteiger charge is 2.23. The summed E-state index contributed by atoms with van der Waals surface area (Å²) in [6, 6.07) is 16.1. The zero-order valence-corrected chi connectivity index (χ0v) is 21.0. The Morgan fingerprint density at radius 1 is 1.20 bits per heavy atom. The molecule has 0 bridgehead atoms. The lowest BCUT2D eigenvalue weighted by Crippen LogP contribution is -2.33. The molecule has 2 heterocycles. The van der Waals surface area contributed by atoms with E-state index < -0.39 is 11.0 Å². The zero-order chi connectivity index (χ0) is 24.8. The Bertz CT molecular complexity index is 1250. The van der Waals surface area contributed by atoms with Gasteiger partial charge in [0.25, 0.3) is 5.91 Å².